The molecule has 0 spiro atoms. The third-order valence-electron chi connectivity index (χ3n) is 3.99. The van der Waals surface area contributed by atoms with E-state index in [1.54, 1.807) is 7.11 Å². The van der Waals surface area contributed by atoms with Gasteiger partial charge in [-0.15, -0.1) is 0 Å². The number of anilines is 1. The summed E-state index contributed by atoms with van der Waals surface area (Å²) in [5, 5.41) is 3.42. The van der Waals surface area contributed by atoms with Crippen LogP contribution in [0.4, 0.5) is 5.69 Å². The lowest BCUT2D eigenvalue weighted by Crippen LogP contribution is -2.04. The number of aromatic nitrogens is 1. The molecule has 0 fully saturated rings. The first-order valence-electron chi connectivity index (χ1n) is 8.49. The molecule has 1 aliphatic rings. The minimum Gasteiger partial charge on any atom is -0.497 e. The molecule has 0 saturated carbocycles. The summed E-state index contributed by atoms with van der Waals surface area (Å²) in [7, 11) is 1.68. The lowest BCUT2D eigenvalue weighted by Gasteiger charge is -2.14. The fraction of sp³-hybridized carbons (Fsp3) is 0.190. The van der Waals surface area contributed by atoms with Gasteiger partial charge in [0.1, 0.15) is 5.75 Å². The Morgan fingerprint density at radius 1 is 1.04 bits per heavy atom. The maximum Gasteiger partial charge on any atom is 0.118 e. The summed E-state index contributed by atoms with van der Waals surface area (Å²) in [5.41, 5.74) is 5.92. The van der Waals surface area contributed by atoms with Crippen molar-refractivity contribution in [1.29, 1.82) is 0 Å². The highest BCUT2D eigenvalue weighted by molar-refractivity contribution is 7.10. The Kier molecular flexibility index (Phi) is 5.51. The summed E-state index contributed by atoms with van der Waals surface area (Å²) >= 11 is 1.53. The van der Waals surface area contributed by atoms with E-state index >= 15 is 0 Å². The van der Waals surface area contributed by atoms with Gasteiger partial charge in [-0.25, -0.2) is 0 Å². The van der Waals surface area contributed by atoms with Gasteiger partial charge in [0.15, 0.2) is 0 Å². The first-order chi connectivity index (χ1) is 12.3. The Balaban J connectivity index is 0.000000880. The van der Waals surface area contributed by atoms with Crippen LogP contribution in [0.15, 0.2) is 54.7 Å². The van der Waals surface area contributed by atoms with Gasteiger partial charge in [0, 0.05) is 24.0 Å². The van der Waals surface area contributed by atoms with E-state index in [2.05, 4.69) is 52.2 Å². The second-order valence-corrected chi connectivity index (χ2v) is 6.18. The van der Waals surface area contributed by atoms with Crippen molar-refractivity contribution in [3.05, 3.63) is 60.3 Å². The molecule has 0 atom stereocenters. The van der Waals surface area contributed by atoms with Crippen LogP contribution in [0.5, 0.6) is 5.75 Å². The molecule has 2 heterocycles. The fourth-order valence-corrected chi connectivity index (χ4v) is 3.54. The second kappa shape index (κ2) is 7.99. The molecule has 4 heteroatoms. The topological polar surface area (TPSA) is 34.1 Å². The monoisotopic (exact) mass is 350 g/mol. The van der Waals surface area contributed by atoms with Crippen LogP contribution in [-0.4, -0.2) is 18.0 Å². The highest BCUT2D eigenvalue weighted by Crippen LogP contribution is 2.37. The van der Waals surface area contributed by atoms with Crippen molar-refractivity contribution in [1.82, 2.24) is 4.37 Å². The van der Waals surface area contributed by atoms with Gasteiger partial charge < -0.3 is 10.1 Å². The molecular weight excluding hydrogens is 328 g/mol. The van der Waals surface area contributed by atoms with Crippen molar-refractivity contribution >= 4 is 23.3 Å². The molecule has 0 bridgehead atoms. The fourth-order valence-electron chi connectivity index (χ4n) is 2.77. The first-order valence-corrected chi connectivity index (χ1v) is 9.26. The van der Waals surface area contributed by atoms with Gasteiger partial charge in [0.25, 0.3) is 0 Å². The summed E-state index contributed by atoms with van der Waals surface area (Å²) in [4.78, 5) is 1.19. The van der Waals surface area contributed by atoms with Crippen molar-refractivity contribution in [3.8, 4) is 27.3 Å². The van der Waals surface area contributed by atoms with Crippen molar-refractivity contribution in [2.24, 2.45) is 0 Å². The SMILES string of the molecule is CC.COc1ccc(-c2cnsc2-c2ccc3c(c2)NCC=C3)cc1. The number of ether oxygens (including phenoxy) is 1. The number of rotatable bonds is 3. The van der Waals surface area contributed by atoms with E-state index < -0.39 is 0 Å². The van der Waals surface area contributed by atoms with Gasteiger partial charge >= 0.3 is 0 Å². The average molecular weight is 350 g/mol. The van der Waals surface area contributed by atoms with Crippen LogP contribution < -0.4 is 10.1 Å². The van der Waals surface area contributed by atoms with Crippen LogP contribution in [0.1, 0.15) is 19.4 Å². The third-order valence-corrected chi connectivity index (χ3v) is 4.84. The Morgan fingerprint density at radius 3 is 2.56 bits per heavy atom. The van der Waals surface area contributed by atoms with Crippen molar-refractivity contribution < 1.29 is 4.74 Å². The van der Waals surface area contributed by atoms with Crippen LogP contribution in [0.2, 0.25) is 0 Å². The standard InChI is InChI=1S/C19H16N2OS.C2H6/c1-22-16-8-6-13(7-9-16)17-12-21-23-19(17)15-5-4-14-3-2-10-20-18(14)11-15;1-2/h2-9,11-12,20H,10H2,1H3;1-2H3. The zero-order valence-electron chi connectivity index (χ0n) is 14.7. The molecule has 0 amide bonds. The highest BCUT2D eigenvalue weighted by atomic mass is 32.1. The summed E-state index contributed by atoms with van der Waals surface area (Å²) in [5.74, 6) is 0.864. The Hall–Kier alpha value is -2.59. The Bertz CT molecular complexity index is 866. The van der Waals surface area contributed by atoms with E-state index in [1.165, 1.54) is 33.2 Å². The molecule has 0 unspecified atom stereocenters. The number of benzene rings is 2. The van der Waals surface area contributed by atoms with Gasteiger partial charge in [-0.05, 0) is 46.4 Å². The van der Waals surface area contributed by atoms with Gasteiger partial charge in [-0.3, -0.25) is 0 Å². The second-order valence-electron chi connectivity index (χ2n) is 5.38. The van der Waals surface area contributed by atoms with Gasteiger partial charge in [0.05, 0.1) is 12.0 Å². The largest absolute Gasteiger partial charge is 0.497 e. The van der Waals surface area contributed by atoms with E-state index in [4.69, 9.17) is 4.74 Å². The molecule has 1 aliphatic heterocycles. The molecular formula is C21H22N2OS. The number of hydrogen-bond acceptors (Lipinski definition) is 4. The summed E-state index contributed by atoms with van der Waals surface area (Å²) in [6, 6.07) is 14.6. The van der Waals surface area contributed by atoms with E-state index in [-0.39, 0.29) is 0 Å². The van der Waals surface area contributed by atoms with E-state index in [0.717, 1.165) is 23.4 Å². The molecule has 0 aliphatic carbocycles. The smallest absolute Gasteiger partial charge is 0.118 e. The third kappa shape index (κ3) is 3.59. The maximum absolute atomic E-state index is 5.24. The molecule has 2 aromatic carbocycles. The molecule has 3 aromatic rings. The molecule has 3 nitrogen and oxygen atoms in total. The minimum atomic E-state index is 0.864. The summed E-state index contributed by atoms with van der Waals surface area (Å²) in [6.45, 7) is 4.88. The number of nitrogens with one attached hydrogen (secondary N) is 1. The highest BCUT2D eigenvalue weighted by Gasteiger charge is 2.13. The normalized spacial score (nSPS) is 11.8. The van der Waals surface area contributed by atoms with Crippen LogP contribution in [-0.2, 0) is 0 Å². The van der Waals surface area contributed by atoms with E-state index in [1.807, 2.05) is 32.2 Å². The van der Waals surface area contributed by atoms with Crippen LogP contribution >= 0.6 is 11.5 Å². The zero-order valence-corrected chi connectivity index (χ0v) is 15.6. The molecule has 0 saturated heterocycles. The van der Waals surface area contributed by atoms with Gasteiger partial charge in [-0.1, -0.05) is 50.3 Å². The molecule has 0 radical (unpaired) electrons. The average Bonchev–Trinajstić information content (AvgIpc) is 3.19. The van der Waals surface area contributed by atoms with Crippen molar-refractivity contribution in [2.75, 3.05) is 19.0 Å². The van der Waals surface area contributed by atoms with Crippen molar-refractivity contribution in [2.45, 2.75) is 13.8 Å². The molecule has 1 aromatic heterocycles. The van der Waals surface area contributed by atoms with E-state index in [9.17, 15) is 0 Å². The maximum atomic E-state index is 5.24. The lowest BCUT2D eigenvalue weighted by molar-refractivity contribution is 0.415. The Morgan fingerprint density at radius 2 is 1.80 bits per heavy atom. The predicted molar refractivity (Wildman–Crippen MR) is 108 cm³/mol. The number of nitrogens with zero attached hydrogens (tertiary/aromatic N) is 1. The van der Waals surface area contributed by atoms with Crippen LogP contribution in [0.25, 0.3) is 27.6 Å². The van der Waals surface area contributed by atoms with Crippen molar-refractivity contribution in [3.63, 3.8) is 0 Å². The molecule has 1 N–H and O–H groups in total. The zero-order chi connectivity index (χ0) is 17.6. The Labute approximate surface area is 153 Å². The van der Waals surface area contributed by atoms with Crippen LogP contribution in [0.3, 0.4) is 0 Å². The summed E-state index contributed by atoms with van der Waals surface area (Å²) in [6.07, 6.45) is 6.23. The van der Waals surface area contributed by atoms with Gasteiger partial charge in [0.2, 0.25) is 0 Å². The molecule has 4 rings (SSSR count). The summed E-state index contributed by atoms with van der Waals surface area (Å²) < 4.78 is 9.64. The molecule has 25 heavy (non-hydrogen) atoms. The predicted octanol–water partition coefficient (Wildman–Crippen LogP) is 5.95. The first kappa shape index (κ1) is 17.2. The number of methoxy groups -OCH3 is 1. The number of fused-ring (bicyclic) bond motifs is 1. The minimum absolute atomic E-state index is 0.864. The van der Waals surface area contributed by atoms with Gasteiger partial charge in [-0.2, -0.15) is 4.37 Å². The molecule has 128 valence electrons. The quantitative estimate of drug-likeness (QED) is 0.634. The lowest BCUT2D eigenvalue weighted by atomic mass is 10.0. The number of hydrogen-bond donors (Lipinski definition) is 1. The van der Waals surface area contributed by atoms with E-state index in [0.29, 0.717) is 0 Å². The van der Waals surface area contributed by atoms with Crippen LogP contribution in [0, 0.1) is 0 Å².